The second-order valence-electron chi connectivity index (χ2n) is 11.0. The van der Waals surface area contributed by atoms with Crippen LogP contribution in [0.4, 0.5) is 0 Å². The lowest BCUT2D eigenvalue weighted by molar-refractivity contribution is -0.191. The van der Waals surface area contributed by atoms with Crippen LogP contribution in [-0.2, 0) is 42.8 Å². The second-order valence-corrected chi connectivity index (χ2v) is 11.0. The third-order valence-corrected chi connectivity index (χ3v) is 7.66. The summed E-state index contributed by atoms with van der Waals surface area (Å²) < 4.78 is 48.8. The summed E-state index contributed by atoms with van der Waals surface area (Å²) >= 11 is 0. The maximum absolute atomic E-state index is 10.3. The molecule has 270 valence electrons. The number of aldehydes is 1. The third kappa shape index (κ3) is 12.8. The molecule has 3 aromatic carbocycles. The number of hydrogen-bond acceptors (Lipinski definition) is 12. The van der Waals surface area contributed by atoms with Gasteiger partial charge in [-0.3, -0.25) is 0 Å². The molecule has 0 aromatic heterocycles. The number of benzene rings is 3. The Kier molecular flexibility index (Phi) is 17.9. The van der Waals surface area contributed by atoms with Gasteiger partial charge in [0.2, 0.25) is 0 Å². The maximum Gasteiger partial charge on any atom is 0.373 e. The van der Waals surface area contributed by atoms with Crippen molar-refractivity contribution in [3.8, 4) is 17.2 Å². The van der Waals surface area contributed by atoms with Crippen LogP contribution in [0.1, 0.15) is 61.7 Å². The average molecular weight is 695 g/mol. The molecule has 6 atom stereocenters. The number of carbonyl (C=O) groups excluding carboxylic acids is 3. The molecule has 3 aliphatic heterocycles. The van der Waals surface area contributed by atoms with Crippen molar-refractivity contribution in [1.29, 1.82) is 0 Å². The molecular weight excluding hydrogens is 648 g/mol. The fourth-order valence-electron chi connectivity index (χ4n) is 4.91. The molecule has 0 aliphatic carbocycles. The normalized spacial score (nSPS) is 23.4. The largest absolute Gasteiger partial charge is 0.497 e. The Morgan fingerprint density at radius 1 is 0.620 bits per heavy atom. The van der Waals surface area contributed by atoms with E-state index < -0.39 is 0 Å². The third-order valence-electron chi connectivity index (χ3n) is 7.66. The maximum atomic E-state index is 10.3. The molecule has 3 heterocycles. The standard InChI is InChI=1S/C13H16O3.C12H14O4.C12H16O3.CO2/c1-3-4-12-9-15-13(16-12)10-5-7-11(14-2)8-6-10;1-14-10-4-2-9(3-5-10)12-15-8-11(16-12)6-7-13;1-3-10-8-14-12(15-10)9-4-6-11(13-2)7-5-9;2-1-3/h3,5-8,12-13H,1,4,9H2,2H3;2-5,7,11-12H,6,8H2,1H3;4-7,10,12H,3,8H2,1-2H3;/t12-,13?;11-,12?;10-,12?;/m000./s1. The quantitative estimate of drug-likeness (QED) is 0.164. The number of methoxy groups -OCH3 is 3. The van der Waals surface area contributed by atoms with E-state index in [-0.39, 0.29) is 43.3 Å². The Morgan fingerprint density at radius 2 is 0.940 bits per heavy atom. The summed E-state index contributed by atoms with van der Waals surface area (Å²) in [5.41, 5.74) is 3.01. The van der Waals surface area contributed by atoms with Crippen LogP contribution in [0.15, 0.2) is 85.5 Å². The molecule has 3 saturated heterocycles. The van der Waals surface area contributed by atoms with Crippen LogP contribution >= 0.6 is 0 Å². The van der Waals surface area contributed by atoms with E-state index in [1.807, 2.05) is 78.9 Å². The van der Waals surface area contributed by atoms with E-state index in [2.05, 4.69) is 13.5 Å². The van der Waals surface area contributed by atoms with Crippen LogP contribution in [-0.4, -0.2) is 71.9 Å². The minimum atomic E-state index is -0.365. The molecule has 3 fully saturated rings. The lowest BCUT2D eigenvalue weighted by atomic mass is 10.2. The van der Waals surface area contributed by atoms with Crippen LogP contribution in [0.2, 0.25) is 0 Å². The Hall–Kier alpha value is -4.39. The minimum Gasteiger partial charge on any atom is -0.497 e. The van der Waals surface area contributed by atoms with Gasteiger partial charge in [0.15, 0.2) is 18.9 Å². The van der Waals surface area contributed by atoms with E-state index in [1.54, 1.807) is 21.3 Å². The van der Waals surface area contributed by atoms with Gasteiger partial charge in [-0.25, -0.2) is 0 Å². The number of rotatable bonds is 11. The first-order valence-electron chi connectivity index (χ1n) is 16.2. The number of carbonyl (C=O) groups is 1. The van der Waals surface area contributed by atoms with E-state index in [1.165, 1.54) is 0 Å². The zero-order chi connectivity index (χ0) is 36.1. The van der Waals surface area contributed by atoms with Gasteiger partial charge in [0.05, 0.1) is 59.5 Å². The summed E-state index contributed by atoms with van der Waals surface area (Å²) in [5, 5.41) is 0. The summed E-state index contributed by atoms with van der Waals surface area (Å²) in [5.74, 6) is 2.49. The first-order valence-corrected chi connectivity index (χ1v) is 16.2. The minimum absolute atomic E-state index is 0.121. The molecule has 12 heteroatoms. The summed E-state index contributed by atoms with van der Waals surface area (Å²) in [6.07, 6.45) is 4.57. The lowest BCUT2D eigenvalue weighted by Crippen LogP contribution is -2.09. The Labute approximate surface area is 293 Å². The Balaban J connectivity index is 0.000000195. The van der Waals surface area contributed by atoms with Crippen LogP contribution in [0.25, 0.3) is 0 Å². The smallest absolute Gasteiger partial charge is 0.373 e. The van der Waals surface area contributed by atoms with Crippen molar-refractivity contribution in [1.82, 2.24) is 0 Å². The highest BCUT2D eigenvalue weighted by Crippen LogP contribution is 2.31. The van der Waals surface area contributed by atoms with Crippen molar-refractivity contribution in [2.45, 2.75) is 63.4 Å². The first kappa shape index (κ1) is 40.0. The zero-order valence-corrected chi connectivity index (χ0v) is 28.9. The summed E-state index contributed by atoms with van der Waals surface area (Å²) in [4.78, 5) is 26.6. The van der Waals surface area contributed by atoms with Crippen molar-refractivity contribution in [3.63, 3.8) is 0 Å². The van der Waals surface area contributed by atoms with Gasteiger partial charge in [-0.05, 0) is 49.2 Å². The van der Waals surface area contributed by atoms with Gasteiger partial charge in [0, 0.05) is 23.1 Å². The van der Waals surface area contributed by atoms with Crippen molar-refractivity contribution < 1.29 is 57.0 Å². The molecule has 50 heavy (non-hydrogen) atoms. The van der Waals surface area contributed by atoms with E-state index in [4.69, 9.17) is 52.2 Å². The van der Waals surface area contributed by atoms with Crippen LogP contribution in [0.5, 0.6) is 17.2 Å². The van der Waals surface area contributed by atoms with Crippen LogP contribution in [0.3, 0.4) is 0 Å². The Morgan fingerprint density at radius 3 is 1.22 bits per heavy atom. The zero-order valence-electron chi connectivity index (χ0n) is 28.9. The first-order chi connectivity index (χ1) is 24.4. The second kappa shape index (κ2) is 22.4. The fraction of sp³-hybridized carbons (Fsp3) is 0.421. The molecule has 0 amide bonds. The van der Waals surface area contributed by atoms with Crippen molar-refractivity contribution in [3.05, 3.63) is 102 Å². The molecular formula is C38H46O12. The summed E-state index contributed by atoms with van der Waals surface area (Å²) in [6.45, 7) is 7.58. The van der Waals surface area contributed by atoms with Gasteiger partial charge >= 0.3 is 6.15 Å². The highest BCUT2D eigenvalue weighted by molar-refractivity contribution is 5.50. The molecule has 3 aliphatic rings. The van der Waals surface area contributed by atoms with E-state index in [9.17, 15) is 4.79 Å². The molecule has 0 N–H and O–H groups in total. The summed E-state index contributed by atoms with van der Waals surface area (Å²) in [7, 11) is 4.93. The van der Waals surface area contributed by atoms with Gasteiger partial charge in [-0.2, -0.15) is 9.59 Å². The van der Waals surface area contributed by atoms with Crippen LogP contribution < -0.4 is 14.2 Å². The molecule has 0 saturated carbocycles. The highest BCUT2D eigenvalue weighted by atomic mass is 16.7. The van der Waals surface area contributed by atoms with Crippen molar-refractivity contribution in [2.24, 2.45) is 0 Å². The fourth-order valence-corrected chi connectivity index (χ4v) is 4.91. The highest BCUT2D eigenvalue weighted by Gasteiger charge is 2.28. The van der Waals surface area contributed by atoms with Gasteiger partial charge in [-0.1, -0.05) is 49.4 Å². The topological polar surface area (TPSA) is 134 Å². The predicted octanol–water partition coefficient (Wildman–Crippen LogP) is 6.32. The van der Waals surface area contributed by atoms with Gasteiger partial charge in [0.25, 0.3) is 0 Å². The molecule has 6 rings (SSSR count). The number of hydrogen-bond donors (Lipinski definition) is 0. The van der Waals surface area contributed by atoms with Crippen molar-refractivity contribution in [2.75, 3.05) is 41.2 Å². The van der Waals surface area contributed by atoms with Gasteiger partial charge in [0.1, 0.15) is 23.5 Å². The Bertz CT molecular complexity index is 1350. The van der Waals surface area contributed by atoms with E-state index in [0.29, 0.717) is 26.2 Å². The average Bonchev–Trinajstić information content (AvgIpc) is 3.95. The molecule has 3 unspecified atom stereocenters. The monoisotopic (exact) mass is 694 g/mol. The molecule has 0 bridgehead atoms. The summed E-state index contributed by atoms with van der Waals surface area (Å²) in [6, 6.07) is 23.0. The predicted molar refractivity (Wildman–Crippen MR) is 180 cm³/mol. The molecule has 12 nitrogen and oxygen atoms in total. The van der Waals surface area contributed by atoms with Crippen LogP contribution in [0, 0.1) is 0 Å². The van der Waals surface area contributed by atoms with E-state index in [0.717, 1.165) is 53.1 Å². The lowest BCUT2D eigenvalue weighted by Gasteiger charge is -2.11. The molecule has 0 radical (unpaired) electrons. The molecule has 3 aromatic rings. The van der Waals surface area contributed by atoms with Crippen molar-refractivity contribution >= 4 is 12.4 Å². The SMILES string of the molecule is C=CC[C@H]1COC(c2ccc(OC)cc2)O1.CC[C@H]1COC(c2ccc(OC)cc2)O1.COc1ccc(C2OC[C@H](CC=O)O2)cc1.O=C=O. The van der Waals surface area contributed by atoms with E-state index >= 15 is 0 Å². The van der Waals surface area contributed by atoms with Gasteiger partial charge in [-0.15, -0.1) is 6.58 Å². The number of ether oxygens (including phenoxy) is 9. The van der Waals surface area contributed by atoms with Gasteiger partial charge < -0.3 is 47.4 Å². The molecule has 0 spiro atoms.